The van der Waals surface area contributed by atoms with E-state index in [4.69, 9.17) is 5.26 Å². The zero-order valence-electron chi connectivity index (χ0n) is 17.8. The maximum absolute atomic E-state index is 8.58. The second-order valence-corrected chi connectivity index (χ2v) is 7.15. The Morgan fingerprint density at radius 1 is 1.32 bits per heavy atom. The molecule has 2 nitrogen and oxygen atoms in total. The van der Waals surface area contributed by atoms with Crippen molar-refractivity contribution in [3.8, 4) is 6.07 Å². The fourth-order valence-electron chi connectivity index (χ4n) is 2.33. The molecule has 0 aliphatic heterocycles. The predicted octanol–water partition coefficient (Wildman–Crippen LogP) is 6.91. The molecule has 0 N–H and O–H groups in total. The summed E-state index contributed by atoms with van der Waals surface area (Å²) >= 11 is 0. The topological polar surface area (TPSA) is 27.0 Å². The molecule has 1 rings (SSSR count). The van der Waals surface area contributed by atoms with Gasteiger partial charge in [0.15, 0.2) is 0 Å². The van der Waals surface area contributed by atoms with Crippen molar-refractivity contribution in [1.82, 2.24) is 4.90 Å². The van der Waals surface area contributed by atoms with Crippen LogP contribution in [-0.2, 0) is 0 Å². The van der Waals surface area contributed by atoms with Gasteiger partial charge in [-0.3, -0.25) is 0 Å². The standard InChI is InChI=1S/C9H13N.C9H19N.C5H10/c1-3-9(2)5-4-8(6-9)7-10;1-4-7-8-9-10(5-2)6-3;1-4-5(2)3/h4H,3,5-6H2,1-2H3;4H,1,5-9H2,2-3H3;2,4H2,1,3H3. The van der Waals surface area contributed by atoms with Crippen LogP contribution in [0.3, 0.4) is 0 Å². The van der Waals surface area contributed by atoms with Crippen LogP contribution in [-0.4, -0.2) is 24.5 Å². The Kier molecular flexibility index (Phi) is 16.7. The quantitative estimate of drug-likeness (QED) is 0.352. The summed E-state index contributed by atoms with van der Waals surface area (Å²) in [6, 6.07) is 2.21. The molecule has 0 radical (unpaired) electrons. The Hall–Kier alpha value is -1.33. The molecule has 1 atom stereocenters. The smallest absolute Gasteiger partial charge is 0.0943 e. The number of rotatable bonds is 8. The molecule has 0 amide bonds. The zero-order valence-corrected chi connectivity index (χ0v) is 17.8. The van der Waals surface area contributed by atoms with E-state index in [2.05, 4.69) is 64.8 Å². The van der Waals surface area contributed by atoms with Crippen molar-refractivity contribution in [2.24, 2.45) is 5.41 Å². The first-order chi connectivity index (χ1) is 11.8. The van der Waals surface area contributed by atoms with Gasteiger partial charge >= 0.3 is 0 Å². The van der Waals surface area contributed by atoms with Gasteiger partial charge in [0, 0.05) is 5.57 Å². The summed E-state index contributed by atoms with van der Waals surface area (Å²) in [6.45, 7) is 23.9. The van der Waals surface area contributed by atoms with Crippen molar-refractivity contribution < 1.29 is 0 Å². The largest absolute Gasteiger partial charge is 0.304 e. The predicted molar refractivity (Wildman–Crippen MR) is 114 cm³/mol. The van der Waals surface area contributed by atoms with Gasteiger partial charge in [0.2, 0.25) is 0 Å². The molecule has 0 saturated carbocycles. The fraction of sp³-hybridized carbons (Fsp3) is 0.696. The second kappa shape index (κ2) is 16.2. The van der Waals surface area contributed by atoms with E-state index in [1.807, 2.05) is 13.0 Å². The average Bonchev–Trinajstić information content (AvgIpc) is 3.02. The molecule has 0 spiro atoms. The van der Waals surface area contributed by atoms with Crippen molar-refractivity contribution in [3.05, 3.63) is 36.5 Å². The molecule has 2 heteroatoms. The lowest BCUT2D eigenvalue weighted by Crippen LogP contribution is -2.23. The summed E-state index contributed by atoms with van der Waals surface area (Å²) in [5.74, 6) is 0. The summed E-state index contributed by atoms with van der Waals surface area (Å²) in [5.41, 5.74) is 2.62. The van der Waals surface area contributed by atoms with Crippen LogP contribution < -0.4 is 0 Å². The molecule has 0 bridgehead atoms. The van der Waals surface area contributed by atoms with E-state index in [9.17, 15) is 0 Å². The van der Waals surface area contributed by atoms with Crippen LogP contribution in [0.1, 0.15) is 80.1 Å². The van der Waals surface area contributed by atoms with Crippen molar-refractivity contribution >= 4 is 0 Å². The summed E-state index contributed by atoms with van der Waals surface area (Å²) < 4.78 is 0. The lowest BCUT2D eigenvalue weighted by atomic mass is 9.84. The van der Waals surface area contributed by atoms with Crippen LogP contribution >= 0.6 is 0 Å². The number of hydrogen-bond acceptors (Lipinski definition) is 2. The normalized spacial score (nSPS) is 18.2. The van der Waals surface area contributed by atoms with Gasteiger partial charge in [0.1, 0.15) is 0 Å². The molecule has 1 aliphatic carbocycles. The van der Waals surface area contributed by atoms with Gasteiger partial charge in [-0.25, -0.2) is 0 Å². The number of hydrogen-bond donors (Lipinski definition) is 0. The molecule has 144 valence electrons. The Balaban J connectivity index is 0. The van der Waals surface area contributed by atoms with Crippen LogP contribution in [0.15, 0.2) is 36.5 Å². The molecule has 0 aromatic carbocycles. The van der Waals surface area contributed by atoms with Crippen LogP contribution in [0.25, 0.3) is 0 Å². The summed E-state index contributed by atoms with van der Waals surface area (Å²) in [6.07, 6.45) is 10.8. The van der Waals surface area contributed by atoms with E-state index in [-0.39, 0.29) is 0 Å². The maximum atomic E-state index is 8.58. The Morgan fingerprint density at radius 3 is 2.16 bits per heavy atom. The average molecular weight is 347 g/mol. The maximum Gasteiger partial charge on any atom is 0.0943 e. The second-order valence-electron chi connectivity index (χ2n) is 7.15. The Labute approximate surface area is 158 Å². The third kappa shape index (κ3) is 14.7. The molecule has 0 aromatic heterocycles. The van der Waals surface area contributed by atoms with E-state index < -0.39 is 0 Å². The lowest BCUT2D eigenvalue weighted by Gasteiger charge is -2.20. The fourth-order valence-corrected chi connectivity index (χ4v) is 2.33. The summed E-state index contributed by atoms with van der Waals surface area (Å²) in [4.78, 5) is 2.43. The molecule has 1 unspecified atom stereocenters. The zero-order chi connectivity index (χ0) is 19.7. The highest BCUT2D eigenvalue weighted by Crippen LogP contribution is 2.39. The monoisotopic (exact) mass is 346 g/mol. The first-order valence-corrected chi connectivity index (χ1v) is 9.89. The van der Waals surface area contributed by atoms with Crippen molar-refractivity contribution in [2.45, 2.75) is 80.1 Å². The minimum Gasteiger partial charge on any atom is -0.304 e. The van der Waals surface area contributed by atoms with Crippen LogP contribution in [0.2, 0.25) is 0 Å². The summed E-state index contributed by atoms with van der Waals surface area (Å²) in [5, 5.41) is 8.58. The SMILES string of the molecule is C=C(C)CC.C=CCCCN(CC)CC.CCC1(C)CC=C(C#N)C1. The van der Waals surface area contributed by atoms with Gasteiger partial charge in [-0.05, 0) is 64.1 Å². The van der Waals surface area contributed by atoms with Crippen LogP contribution in [0, 0.1) is 16.7 Å². The minimum absolute atomic E-state index is 0.394. The van der Waals surface area contributed by atoms with E-state index in [1.165, 1.54) is 38.0 Å². The highest BCUT2D eigenvalue weighted by molar-refractivity contribution is 5.27. The van der Waals surface area contributed by atoms with E-state index in [1.54, 1.807) is 0 Å². The number of unbranched alkanes of at least 4 members (excludes halogenated alkanes) is 1. The molecular weight excluding hydrogens is 304 g/mol. The Bertz CT molecular complexity index is 424. The first-order valence-electron chi connectivity index (χ1n) is 9.89. The van der Waals surface area contributed by atoms with Gasteiger partial charge in [-0.2, -0.15) is 5.26 Å². The third-order valence-corrected chi connectivity index (χ3v) is 4.84. The van der Waals surface area contributed by atoms with Gasteiger partial charge in [-0.15, -0.1) is 13.2 Å². The van der Waals surface area contributed by atoms with Crippen molar-refractivity contribution in [3.63, 3.8) is 0 Å². The molecule has 0 saturated heterocycles. The first kappa shape index (κ1) is 25.9. The minimum atomic E-state index is 0.394. The highest BCUT2D eigenvalue weighted by Gasteiger charge is 2.27. The van der Waals surface area contributed by atoms with Crippen molar-refractivity contribution in [1.29, 1.82) is 5.26 Å². The molecule has 1 aliphatic rings. The van der Waals surface area contributed by atoms with Crippen LogP contribution in [0.4, 0.5) is 0 Å². The van der Waals surface area contributed by atoms with Crippen molar-refractivity contribution in [2.75, 3.05) is 19.6 Å². The van der Waals surface area contributed by atoms with E-state index >= 15 is 0 Å². The number of allylic oxidation sites excluding steroid dienone is 4. The van der Waals surface area contributed by atoms with E-state index in [0.717, 1.165) is 31.3 Å². The Morgan fingerprint density at radius 2 is 1.88 bits per heavy atom. The molecule has 0 fully saturated rings. The number of nitriles is 1. The number of nitrogens with zero attached hydrogens (tertiary/aromatic N) is 2. The van der Waals surface area contributed by atoms with Crippen LogP contribution in [0.5, 0.6) is 0 Å². The highest BCUT2D eigenvalue weighted by atomic mass is 15.1. The molecule has 0 heterocycles. The van der Waals surface area contributed by atoms with E-state index in [0.29, 0.717) is 5.41 Å². The molecule has 0 aromatic rings. The molecule has 25 heavy (non-hydrogen) atoms. The third-order valence-electron chi connectivity index (χ3n) is 4.84. The summed E-state index contributed by atoms with van der Waals surface area (Å²) in [7, 11) is 0. The molecular formula is C23H42N2. The van der Waals surface area contributed by atoms with Gasteiger partial charge in [-0.1, -0.05) is 58.8 Å². The van der Waals surface area contributed by atoms with Gasteiger partial charge in [0.05, 0.1) is 6.07 Å². The van der Waals surface area contributed by atoms with Gasteiger partial charge in [0.25, 0.3) is 0 Å². The lowest BCUT2D eigenvalue weighted by molar-refractivity contribution is 0.301. The van der Waals surface area contributed by atoms with Gasteiger partial charge < -0.3 is 4.90 Å².